The van der Waals surface area contributed by atoms with E-state index in [1.807, 2.05) is 0 Å². The number of nitrogens with one attached hydrogen (secondary N) is 1. The Morgan fingerprint density at radius 1 is 1.80 bits per heavy atom. The van der Waals surface area contributed by atoms with Crippen molar-refractivity contribution in [2.24, 2.45) is 5.73 Å². The molecule has 0 saturated heterocycles. The van der Waals surface area contributed by atoms with E-state index in [2.05, 4.69) is 15.2 Å². The van der Waals surface area contributed by atoms with Crippen molar-refractivity contribution in [3.05, 3.63) is 22.4 Å². The number of rotatable bonds is 1. The fourth-order valence-corrected chi connectivity index (χ4v) is 0.596. The summed E-state index contributed by atoms with van der Waals surface area (Å²) in [5.74, 6) is 0. The lowest BCUT2D eigenvalue weighted by molar-refractivity contribution is 0.722. The zero-order valence-corrected chi connectivity index (χ0v) is 5.53. The van der Waals surface area contributed by atoms with Gasteiger partial charge in [-0.2, -0.15) is 0 Å². The molecule has 1 aromatic heterocycles. The van der Waals surface area contributed by atoms with E-state index in [0.717, 1.165) is 0 Å². The minimum atomic E-state index is -0.363. The lowest BCUT2D eigenvalue weighted by Crippen LogP contribution is -2.22. The highest BCUT2D eigenvalue weighted by molar-refractivity contribution is 4.96. The van der Waals surface area contributed by atoms with E-state index >= 15 is 0 Å². The van der Waals surface area contributed by atoms with Gasteiger partial charge in [0.1, 0.15) is 12.0 Å². The van der Waals surface area contributed by atoms with Crippen LogP contribution < -0.4 is 11.3 Å². The molecule has 0 aliphatic carbocycles. The first-order chi connectivity index (χ1) is 4.72. The molecule has 3 N–H and O–H groups in total. The van der Waals surface area contributed by atoms with Crippen molar-refractivity contribution in [2.75, 3.05) is 0 Å². The van der Waals surface area contributed by atoms with Crippen LogP contribution in [-0.2, 0) is 0 Å². The Labute approximate surface area is 57.3 Å². The van der Waals surface area contributed by atoms with Gasteiger partial charge in [-0.05, 0) is 6.92 Å². The summed E-state index contributed by atoms with van der Waals surface area (Å²) in [5.41, 5.74) is 5.39. The minimum absolute atomic E-state index is 0.266. The number of hydrogen-bond acceptors (Lipinski definition) is 4. The smallest absolute Gasteiger partial charge is 0.274 e. The molecule has 0 spiro atoms. The molecule has 10 heavy (non-hydrogen) atoms. The topological polar surface area (TPSA) is 84.7 Å². The summed E-state index contributed by atoms with van der Waals surface area (Å²) < 4.78 is 0. The number of aromatic amines is 1. The standard InChI is InChI=1S/C5H8N4O/c1-3(6)4-5(10)7-2-8-9-4/h2-3H,6H2,1H3,(H,7,8,10). The molecule has 5 nitrogen and oxygen atoms in total. The second-order valence-electron chi connectivity index (χ2n) is 1.99. The molecule has 0 radical (unpaired) electrons. The number of nitrogens with two attached hydrogens (primary N) is 1. The van der Waals surface area contributed by atoms with Crippen LogP contribution in [0.4, 0.5) is 0 Å². The van der Waals surface area contributed by atoms with Gasteiger partial charge in [-0.25, -0.2) is 0 Å². The molecular weight excluding hydrogens is 132 g/mol. The molecule has 0 aliphatic heterocycles. The van der Waals surface area contributed by atoms with Crippen molar-refractivity contribution in [3.8, 4) is 0 Å². The van der Waals surface area contributed by atoms with Crippen molar-refractivity contribution in [2.45, 2.75) is 13.0 Å². The SMILES string of the molecule is CC(N)c1nnc[nH]c1=O. The number of nitrogens with zero attached hydrogens (tertiary/aromatic N) is 2. The van der Waals surface area contributed by atoms with Gasteiger partial charge in [0.2, 0.25) is 0 Å². The summed E-state index contributed by atoms with van der Waals surface area (Å²) in [4.78, 5) is 13.2. The Morgan fingerprint density at radius 3 is 2.90 bits per heavy atom. The van der Waals surface area contributed by atoms with Crippen LogP contribution in [0.2, 0.25) is 0 Å². The second-order valence-corrected chi connectivity index (χ2v) is 1.99. The van der Waals surface area contributed by atoms with Gasteiger partial charge in [0.15, 0.2) is 0 Å². The Hall–Kier alpha value is -1.23. The third-order valence-electron chi connectivity index (χ3n) is 1.08. The first-order valence-electron chi connectivity index (χ1n) is 2.87. The third kappa shape index (κ3) is 1.19. The summed E-state index contributed by atoms with van der Waals surface area (Å²) >= 11 is 0. The zero-order valence-electron chi connectivity index (χ0n) is 5.53. The maximum atomic E-state index is 10.8. The molecule has 1 unspecified atom stereocenters. The summed E-state index contributed by atoms with van der Waals surface area (Å²) in [5, 5.41) is 7.04. The van der Waals surface area contributed by atoms with Gasteiger partial charge in [-0.3, -0.25) is 4.79 Å². The molecule has 0 amide bonds. The average Bonchev–Trinajstić information content (AvgIpc) is 1.88. The predicted molar refractivity (Wildman–Crippen MR) is 35.3 cm³/mol. The van der Waals surface area contributed by atoms with E-state index < -0.39 is 0 Å². The highest BCUT2D eigenvalue weighted by atomic mass is 16.1. The van der Waals surface area contributed by atoms with Crippen molar-refractivity contribution >= 4 is 0 Å². The summed E-state index contributed by atoms with van der Waals surface area (Å²) in [7, 11) is 0. The first-order valence-corrected chi connectivity index (χ1v) is 2.87. The lowest BCUT2D eigenvalue weighted by atomic mass is 10.3. The van der Waals surface area contributed by atoms with Crippen molar-refractivity contribution in [3.63, 3.8) is 0 Å². The Kier molecular flexibility index (Phi) is 1.77. The molecule has 0 aliphatic rings. The van der Waals surface area contributed by atoms with Crippen LogP contribution in [0, 0.1) is 0 Å². The molecule has 0 fully saturated rings. The summed E-state index contributed by atoms with van der Waals surface area (Å²) in [6.45, 7) is 1.68. The average molecular weight is 140 g/mol. The van der Waals surface area contributed by atoms with Crippen LogP contribution in [0.3, 0.4) is 0 Å². The molecule has 5 heteroatoms. The number of aromatic nitrogens is 3. The van der Waals surface area contributed by atoms with Crippen molar-refractivity contribution < 1.29 is 0 Å². The van der Waals surface area contributed by atoms with Gasteiger partial charge >= 0.3 is 0 Å². The largest absolute Gasteiger partial charge is 0.323 e. The van der Waals surface area contributed by atoms with Gasteiger partial charge < -0.3 is 10.7 Å². The number of H-pyrrole nitrogens is 1. The quantitative estimate of drug-likeness (QED) is 0.534. The van der Waals surface area contributed by atoms with Crippen molar-refractivity contribution in [1.82, 2.24) is 15.2 Å². The Bertz CT molecular complexity index is 266. The Morgan fingerprint density at radius 2 is 2.50 bits per heavy atom. The van der Waals surface area contributed by atoms with Crippen LogP contribution in [0.5, 0.6) is 0 Å². The van der Waals surface area contributed by atoms with Crippen LogP contribution >= 0.6 is 0 Å². The highest BCUT2D eigenvalue weighted by Gasteiger charge is 2.04. The fourth-order valence-electron chi connectivity index (χ4n) is 0.596. The molecule has 1 heterocycles. The molecule has 1 rings (SSSR count). The minimum Gasteiger partial charge on any atom is -0.323 e. The van der Waals surface area contributed by atoms with Gasteiger partial charge in [0, 0.05) is 0 Å². The molecule has 54 valence electrons. The molecular formula is C5H8N4O. The molecule has 0 bridgehead atoms. The van der Waals surface area contributed by atoms with E-state index in [1.165, 1.54) is 6.33 Å². The third-order valence-corrected chi connectivity index (χ3v) is 1.08. The van der Waals surface area contributed by atoms with Gasteiger partial charge in [0.25, 0.3) is 5.56 Å². The summed E-state index contributed by atoms with van der Waals surface area (Å²) in [6, 6.07) is -0.363. The summed E-state index contributed by atoms with van der Waals surface area (Å²) in [6.07, 6.45) is 1.23. The molecule has 1 aromatic rings. The molecule has 0 saturated carbocycles. The maximum absolute atomic E-state index is 10.8. The van der Waals surface area contributed by atoms with Crippen LogP contribution in [0.15, 0.2) is 11.1 Å². The number of hydrogen-bond donors (Lipinski definition) is 2. The first kappa shape index (κ1) is 6.88. The zero-order chi connectivity index (χ0) is 7.56. The van der Waals surface area contributed by atoms with E-state index in [0.29, 0.717) is 0 Å². The second kappa shape index (κ2) is 2.57. The monoisotopic (exact) mass is 140 g/mol. The fraction of sp³-hybridized carbons (Fsp3) is 0.400. The normalized spacial score (nSPS) is 13.0. The lowest BCUT2D eigenvalue weighted by Gasteiger charge is -1.98. The Balaban J connectivity index is 3.16. The molecule has 0 aromatic carbocycles. The van der Waals surface area contributed by atoms with E-state index in [-0.39, 0.29) is 17.3 Å². The van der Waals surface area contributed by atoms with Crippen molar-refractivity contribution in [1.29, 1.82) is 0 Å². The highest BCUT2D eigenvalue weighted by Crippen LogP contribution is 1.93. The van der Waals surface area contributed by atoms with E-state index in [4.69, 9.17) is 5.73 Å². The van der Waals surface area contributed by atoms with Gasteiger partial charge in [0.05, 0.1) is 6.04 Å². The van der Waals surface area contributed by atoms with Crippen LogP contribution in [-0.4, -0.2) is 15.2 Å². The van der Waals surface area contributed by atoms with Crippen LogP contribution in [0.25, 0.3) is 0 Å². The van der Waals surface area contributed by atoms with Gasteiger partial charge in [-0.1, -0.05) is 0 Å². The van der Waals surface area contributed by atoms with Crippen LogP contribution in [0.1, 0.15) is 18.7 Å². The van der Waals surface area contributed by atoms with Gasteiger partial charge in [-0.15, -0.1) is 10.2 Å². The van der Waals surface area contributed by atoms with E-state index in [1.54, 1.807) is 6.92 Å². The van der Waals surface area contributed by atoms with E-state index in [9.17, 15) is 4.79 Å². The maximum Gasteiger partial charge on any atom is 0.274 e. The predicted octanol–water partition coefficient (Wildman–Crippen LogP) is -0.815. The molecule has 1 atom stereocenters.